The predicted octanol–water partition coefficient (Wildman–Crippen LogP) is 3.02. The molecule has 0 bridgehead atoms. The van der Waals surface area contributed by atoms with E-state index >= 15 is 0 Å². The quantitative estimate of drug-likeness (QED) is 0.920. The molecule has 0 aliphatic carbocycles. The van der Waals surface area contributed by atoms with Gasteiger partial charge in [-0.3, -0.25) is 0 Å². The first-order chi connectivity index (χ1) is 10.0. The van der Waals surface area contributed by atoms with Gasteiger partial charge >= 0.3 is 6.09 Å². The number of carbonyl (C=O) groups is 1. The van der Waals surface area contributed by atoms with Crippen LogP contribution in [0.2, 0.25) is 5.02 Å². The fourth-order valence-electron chi connectivity index (χ4n) is 1.99. The van der Waals surface area contributed by atoms with Crippen molar-refractivity contribution in [3.05, 3.63) is 40.5 Å². The lowest BCUT2D eigenvalue weighted by atomic mass is 10.2. The van der Waals surface area contributed by atoms with Crippen LogP contribution in [0.1, 0.15) is 18.2 Å². The smallest absolute Gasteiger partial charge is 0.404 e. The molecule has 112 valence electrons. The number of aromatic nitrogens is 2. The first-order valence-corrected chi connectivity index (χ1v) is 6.79. The highest BCUT2D eigenvalue weighted by Gasteiger charge is 2.17. The van der Waals surface area contributed by atoms with Crippen molar-refractivity contribution in [2.24, 2.45) is 12.8 Å². The summed E-state index contributed by atoms with van der Waals surface area (Å²) in [4.78, 5) is 10.7. The van der Waals surface area contributed by atoms with Crippen molar-refractivity contribution in [2.75, 3.05) is 0 Å². The van der Waals surface area contributed by atoms with Crippen molar-refractivity contribution in [1.29, 1.82) is 0 Å². The van der Waals surface area contributed by atoms with Crippen LogP contribution in [-0.2, 0) is 24.8 Å². The van der Waals surface area contributed by atoms with E-state index in [9.17, 15) is 4.79 Å². The summed E-state index contributed by atoms with van der Waals surface area (Å²) in [7, 11) is 1.76. The largest absolute Gasteiger partial charge is 0.443 e. The third-order valence-corrected chi connectivity index (χ3v) is 3.12. The Morgan fingerprint density at radius 3 is 2.86 bits per heavy atom. The van der Waals surface area contributed by atoms with E-state index in [1.807, 2.05) is 6.92 Å². The van der Waals surface area contributed by atoms with Crippen LogP contribution in [0.15, 0.2) is 24.3 Å². The average molecular weight is 310 g/mol. The van der Waals surface area contributed by atoms with E-state index in [0.29, 0.717) is 28.8 Å². The van der Waals surface area contributed by atoms with E-state index in [-0.39, 0.29) is 6.61 Å². The molecule has 1 aromatic carbocycles. The molecule has 0 radical (unpaired) electrons. The standard InChI is InChI=1S/C14H16ClN3O3/c1-3-11-12(8-20-14(16)19)17-18(2)13(11)21-10-6-4-5-9(15)7-10/h4-7H,3,8H2,1-2H3,(H2,16,19). The molecule has 0 saturated heterocycles. The zero-order chi connectivity index (χ0) is 15.4. The summed E-state index contributed by atoms with van der Waals surface area (Å²) in [6, 6.07) is 7.09. The Morgan fingerprint density at radius 2 is 2.24 bits per heavy atom. The van der Waals surface area contributed by atoms with Crippen LogP contribution in [0.4, 0.5) is 4.79 Å². The minimum absolute atomic E-state index is 0.0191. The number of nitrogens with zero attached hydrogens (tertiary/aromatic N) is 2. The van der Waals surface area contributed by atoms with Gasteiger partial charge in [0.25, 0.3) is 0 Å². The summed E-state index contributed by atoms with van der Waals surface area (Å²) in [6.07, 6.45) is -0.152. The molecule has 2 rings (SSSR count). The SMILES string of the molecule is CCc1c(COC(N)=O)nn(C)c1Oc1cccc(Cl)c1. The van der Waals surface area contributed by atoms with Crippen LogP contribution >= 0.6 is 11.6 Å². The molecule has 0 fully saturated rings. The first kappa shape index (κ1) is 15.2. The van der Waals surface area contributed by atoms with E-state index in [1.54, 1.807) is 36.0 Å². The summed E-state index contributed by atoms with van der Waals surface area (Å²) >= 11 is 5.94. The molecule has 0 unspecified atom stereocenters. The first-order valence-electron chi connectivity index (χ1n) is 6.41. The van der Waals surface area contributed by atoms with Crippen LogP contribution in [0.5, 0.6) is 11.6 Å². The second-order valence-electron chi connectivity index (χ2n) is 4.37. The normalized spacial score (nSPS) is 10.4. The molecular formula is C14H16ClN3O3. The molecule has 0 aliphatic rings. The van der Waals surface area contributed by atoms with Crippen molar-refractivity contribution in [1.82, 2.24) is 9.78 Å². The highest BCUT2D eigenvalue weighted by Crippen LogP contribution is 2.29. The monoisotopic (exact) mass is 309 g/mol. The maximum absolute atomic E-state index is 10.7. The number of primary amides is 1. The Kier molecular flexibility index (Phi) is 4.70. The third kappa shape index (κ3) is 3.66. The van der Waals surface area contributed by atoms with Gasteiger partial charge in [-0.05, 0) is 24.6 Å². The molecule has 0 saturated carbocycles. The van der Waals surface area contributed by atoms with Gasteiger partial charge in [-0.15, -0.1) is 0 Å². The Hall–Kier alpha value is -2.21. The van der Waals surface area contributed by atoms with Gasteiger partial charge in [0.15, 0.2) is 0 Å². The van der Waals surface area contributed by atoms with Gasteiger partial charge < -0.3 is 15.2 Å². The zero-order valence-electron chi connectivity index (χ0n) is 11.8. The molecule has 2 N–H and O–H groups in total. The average Bonchev–Trinajstić information content (AvgIpc) is 2.72. The maximum Gasteiger partial charge on any atom is 0.404 e. The van der Waals surface area contributed by atoms with E-state index in [2.05, 4.69) is 5.10 Å². The Balaban J connectivity index is 2.28. The van der Waals surface area contributed by atoms with Crippen LogP contribution < -0.4 is 10.5 Å². The molecule has 7 heteroatoms. The topological polar surface area (TPSA) is 79.4 Å². The number of nitrogens with two attached hydrogens (primary N) is 1. The minimum Gasteiger partial charge on any atom is -0.443 e. The van der Waals surface area contributed by atoms with Gasteiger partial charge in [-0.2, -0.15) is 5.10 Å². The van der Waals surface area contributed by atoms with Crippen molar-refractivity contribution < 1.29 is 14.3 Å². The third-order valence-electron chi connectivity index (χ3n) is 2.89. The van der Waals surface area contributed by atoms with E-state index in [1.165, 1.54) is 0 Å². The number of rotatable bonds is 5. The van der Waals surface area contributed by atoms with E-state index < -0.39 is 6.09 Å². The molecule has 2 aromatic rings. The fourth-order valence-corrected chi connectivity index (χ4v) is 2.17. The number of halogens is 1. The number of amides is 1. The lowest BCUT2D eigenvalue weighted by molar-refractivity contribution is 0.148. The summed E-state index contributed by atoms with van der Waals surface area (Å²) in [5.41, 5.74) is 6.46. The van der Waals surface area contributed by atoms with E-state index in [4.69, 9.17) is 26.8 Å². The molecule has 1 amide bonds. The van der Waals surface area contributed by atoms with Crippen LogP contribution in [-0.4, -0.2) is 15.9 Å². The second kappa shape index (κ2) is 6.49. The van der Waals surface area contributed by atoms with Gasteiger partial charge in [0.1, 0.15) is 18.1 Å². The minimum atomic E-state index is -0.833. The zero-order valence-corrected chi connectivity index (χ0v) is 12.6. The summed E-state index contributed by atoms with van der Waals surface area (Å²) < 4.78 is 12.2. The number of hydrogen-bond donors (Lipinski definition) is 1. The van der Waals surface area contributed by atoms with Crippen molar-refractivity contribution in [3.63, 3.8) is 0 Å². The Bertz CT molecular complexity index is 655. The second-order valence-corrected chi connectivity index (χ2v) is 4.81. The van der Waals surface area contributed by atoms with E-state index in [0.717, 1.165) is 5.56 Å². The van der Waals surface area contributed by atoms with Crippen molar-refractivity contribution in [3.8, 4) is 11.6 Å². The Morgan fingerprint density at radius 1 is 1.48 bits per heavy atom. The lowest BCUT2D eigenvalue weighted by Gasteiger charge is -2.08. The molecule has 0 spiro atoms. The molecule has 0 aliphatic heterocycles. The van der Waals surface area contributed by atoms with Gasteiger partial charge in [-0.1, -0.05) is 24.6 Å². The maximum atomic E-state index is 10.7. The number of benzene rings is 1. The lowest BCUT2D eigenvalue weighted by Crippen LogP contribution is -2.13. The summed E-state index contributed by atoms with van der Waals surface area (Å²) in [5, 5.41) is 4.89. The summed E-state index contributed by atoms with van der Waals surface area (Å²) in [6.45, 7) is 1.99. The molecule has 0 atom stereocenters. The fraction of sp³-hybridized carbons (Fsp3) is 0.286. The summed E-state index contributed by atoms with van der Waals surface area (Å²) in [5.74, 6) is 1.20. The number of aryl methyl sites for hydroxylation is 1. The van der Waals surface area contributed by atoms with Crippen LogP contribution in [0.3, 0.4) is 0 Å². The van der Waals surface area contributed by atoms with Crippen molar-refractivity contribution in [2.45, 2.75) is 20.0 Å². The molecule has 1 aromatic heterocycles. The Labute approximate surface area is 127 Å². The van der Waals surface area contributed by atoms with Crippen LogP contribution in [0, 0.1) is 0 Å². The van der Waals surface area contributed by atoms with Gasteiger partial charge in [0.2, 0.25) is 5.88 Å². The highest BCUT2D eigenvalue weighted by atomic mass is 35.5. The molecule has 6 nitrogen and oxygen atoms in total. The molecular weight excluding hydrogens is 294 g/mol. The predicted molar refractivity (Wildman–Crippen MR) is 78.5 cm³/mol. The van der Waals surface area contributed by atoms with Gasteiger partial charge in [0.05, 0.1) is 0 Å². The van der Waals surface area contributed by atoms with Crippen molar-refractivity contribution >= 4 is 17.7 Å². The van der Waals surface area contributed by atoms with Gasteiger partial charge in [0, 0.05) is 17.6 Å². The number of carbonyl (C=O) groups excluding carboxylic acids is 1. The highest BCUT2D eigenvalue weighted by molar-refractivity contribution is 6.30. The van der Waals surface area contributed by atoms with Gasteiger partial charge in [-0.25, -0.2) is 9.48 Å². The number of hydrogen-bond acceptors (Lipinski definition) is 4. The number of ether oxygens (including phenoxy) is 2. The van der Waals surface area contributed by atoms with Crippen LogP contribution in [0.25, 0.3) is 0 Å². The molecule has 21 heavy (non-hydrogen) atoms. The molecule has 1 heterocycles.